The summed E-state index contributed by atoms with van der Waals surface area (Å²) in [4.78, 5) is 9.41. The summed E-state index contributed by atoms with van der Waals surface area (Å²) >= 11 is 6.17. The van der Waals surface area contributed by atoms with Gasteiger partial charge in [0.25, 0.3) is 0 Å². The summed E-state index contributed by atoms with van der Waals surface area (Å²) in [6.45, 7) is 3.06. The maximum absolute atomic E-state index is 6.17. The molecule has 2 aliphatic heterocycles. The van der Waals surface area contributed by atoms with Crippen LogP contribution in [0.15, 0.2) is 42.7 Å². The summed E-state index contributed by atoms with van der Waals surface area (Å²) in [6.07, 6.45) is 8.44. The van der Waals surface area contributed by atoms with Gasteiger partial charge >= 0.3 is 0 Å². The number of rotatable bonds is 3. The third kappa shape index (κ3) is 3.14. The Kier molecular flexibility index (Phi) is 4.38. The number of nitrogens with zero attached hydrogens (tertiary/aromatic N) is 3. The van der Waals surface area contributed by atoms with Crippen LogP contribution >= 0.6 is 11.6 Å². The summed E-state index contributed by atoms with van der Waals surface area (Å²) in [5, 5.41) is 4.16. The highest BCUT2D eigenvalue weighted by molar-refractivity contribution is 6.30. The molecule has 0 saturated carbocycles. The van der Waals surface area contributed by atoms with Crippen LogP contribution in [-0.2, 0) is 11.2 Å². The molecule has 140 valence electrons. The van der Waals surface area contributed by atoms with Crippen LogP contribution in [0.4, 0.5) is 0 Å². The average molecular weight is 383 g/mol. The van der Waals surface area contributed by atoms with Gasteiger partial charge in [0.15, 0.2) is 0 Å². The van der Waals surface area contributed by atoms with Crippen LogP contribution in [0.2, 0.25) is 5.02 Å². The normalized spacial score (nSPS) is 21.9. The van der Waals surface area contributed by atoms with Crippen LogP contribution in [-0.4, -0.2) is 40.2 Å². The molecule has 5 rings (SSSR count). The quantitative estimate of drug-likeness (QED) is 0.749. The van der Waals surface area contributed by atoms with Crippen molar-refractivity contribution in [2.45, 2.75) is 31.8 Å². The van der Waals surface area contributed by atoms with Gasteiger partial charge in [-0.15, -0.1) is 0 Å². The van der Waals surface area contributed by atoms with Gasteiger partial charge in [0, 0.05) is 30.3 Å². The van der Waals surface area contributed by atoms with Crippen LogP contribution in [0.5, 0.6) is 0 Å². The van der Waals surface area contributed by atoms with Gasteiger partial charge in [-0.1, -0.05) is 17.7 Å². The zero-order valence-corrected chi connectivity index (χ0v) is 16.0. The molecule has 0 aliphatic carbocycles. The van der Waals surface area contributed by atoms with Crippen molar-refractivity contribution in [1.29, 1.82) is 0 Å². The maximum atomic E-state index is 6.17. The Hall–Kier alpha value is -1.95. The molecule has 0 aromatic carbocycles. The van der Waals surface area contributed by atoms with Gasteiger partial charge in [-0.05, 0) is 56.6 Å². The fourth-order valence-corrected chi connectivity index (χ4v) is 4.74. The SMILES string of the molecule is Clc1ccc2ncc(-c3cccc(C[C@H]4OCCC45CCNCC5)n3)n2c1. The van der Waals surface area contributed by atoms with Gasteiger partial charge < -0.3 is 10.1 Å². The number of hydrogen-bond donors (Lipinski definition) is 1. The van der Waals surface area contributed by atoms with Crippen LogP contribution < -0.4 is 5.32 Å². The lowest BCUT2D eigenvalue weighted by Gasteiger charge is -2.37. The molecule has 2 aliphatic rings. The molecule has 6 heteroatoms. The van der Waals surface area contributed by atoms with E-state index in [9.17, 15) is 0 Å². The van der Waals surface area contributed by atoms with E-state index in [1.165, 1.54) is 19.3 Å². The van der Waals surface area contributed by atoms with Crippen molar-refractivity contribution < 1.29 is 4.74 Å². The highest BCUT2D eigenvalue weighted by atomic mass is 35.5. The molecule has 0 radical (unpaired) electrons. The third-order valence-corrected chi connectivity index (χ3v) is 6.36. The molecule has 3 aromatic heterocycles. The molecule has 1 atom stereocenters. The van der Waals surface area contributed by atoms with Crippen LogP contribution in [0.3, 0.4) is 0 Å². The second-order valence-electron chi connectivity index (χ2n) is 7.66. The van der Waals surface area contributed by atoms with Gasteiger partial charge in [0.1, 0.15) is 5.65 Å². The van der Waals surface area contributed by atoms with Crippen LogP contribution in [0, 0.1) is 5.41 Å². The summed E-state index contributed by atoms with van der Waals surface area (Å²) < 4.78 is 8.16. The van der Waals surface area contributed by atoms with Crippen LogP contribution in [0.25, 0.3) is 17.0 Å². The summed E-state index contributed by atoms with van der Waals surface area (Å²) in [6, 6.07) is 9.99. The number of hydrogen-bond acceptors (Lipinski definition) is 4. The van der Waals surface area contributed by atoms with Gasteiger partial charge in [-0.3, -0.25) is 9.38 Å². The molecule has 5 heterocycles. The van der Waals surface area contributed by atoms with Crippen molar-refractivity contribution in [1.82, 2.24) is 19.7 Å². The number of imidazole rings is 1. The molecule has 0 amide bonds. The molecule has 2 saturated heterocycles. The lowest BCUT2D eigenvalue weighted by atomic mass is 9.72. The van der Waals surface area contributed by atoms with E-state index in [4.69, 9.17) is 21.3 Å². The lowest BCUT2D eigenvalue weighted by Crippen LogP contribution is -2.42. The van der Waals surface area contributed by atoms with E-state index < -0.39 is 0 Å². The fraction of sp³-hybridized carbons (Fsp3) is 0.429. The minimum absolute atomic E-state index is 0.263. The van der Waals surface area contributed by atoms with Gasteiger partial charge in [-0.25, -0.2) is 4.98 Å². The topological polar surface area (TPSA) is 51.5 Å². The van der Waals surface area contributed by atoms with E-state index in [2.05, 4.69) is 22.4 Å². The molecule has 0 bridgehead atoms. The van der Waals surface area contributed by atoms with Crippen molar-refractivity contribution in [2.24, 2.45) is 5.41 Å². The first-order valence-electron chi connectivity index (χ1n) is 9.65. The van der Waals surface area contributed by atoms with E-state index in [0.717, 1.165) is 48.8 Å². The summed E-state index contributed by atoms with van der Waals surface area (Å²) in [7, 11) is 0. The Bertz CT molecular complexity index is 964. The molecule has 3 aromatic rings. The Balaban J connectivity index is 1.44. The minimum Gasteiger partial charge on any atom is -0.377 e. The van der Waals surface area contributed by atoms with Crippen molar-refractivity contribution in [3.63, 3.8) is 0 Å². The Morgan fingerprint density at radius 3 is 2.96 bits per heavy atom. The third-order valence-electron chi connectivity index (χ3n) is 6.13. The standard InChI is InChI=1S/C21H23ClN4O/c22-15-4-5-20-24-13-18(26(20)14-15)17-3-1-2-16(25-17)12-19-21(8-11-27-19)6-9-23-10-7-21/h1-5,13-14,19,23H,6-12H2/t19-/m1/s1. The predicted octanol–water partition coefficient (Wildman–Crippen LogP) is 3.75. The van der Waals surface area contributed by atoms with E-state index in [1.807, 2.05) is 35.0 Å². The summed E-state index contributed by atoms with van der Waals surface area (Å²) in [5.41, 5.74) is 4.14. The first kappa shape index (κ1) is 17.2. The molecule has 2 fully saturated rings. The Morgan fingerprint density at radius 1 is 1.19 bits per heavy atom. The van der Waals surface area contributed by atoms with Crippen molar-refractivity contribution in [2.75, 3.05) is 19.7 Å². The second-order valence-corrected chi connectivity index (χ2v) is 8.10. The predicted molar refractivity (Wildman–Crippen MR) is 106 cm³/mol. The van der Waals surface area contributed by atoms with Crippen molar-refractivity contribution in [3.05, 3.63) is 53.4 Å². The minimum atomic E-state index is 0.263. The summed E-state index contributed by atoms with van der Waals surface area (Å²) in [5.74, 6) is 0. The van der Waals surface area contributed by atoms with E-state index in [-0.39, 0.29) is 6.10 Å². The number of nitrogens with one attached hydrogen (secondary N) is 1. The second kappa shape index (κ2) is 6.89. The van der Waals surface area contributed by atoms with Gasteiger partial charge in [0.2, 0.25) is 0 Å². The van der Waals surface area contributed by atoms with E-state index in [0.29, 0.717) is 10.4 Å². The molecule has 1 N–H and O–H groups in total. The largest absolute Gasteiger partial charge is 0.377 e. The first-order valence-corrected chi connectivity index (χ1v) is 10.0. The zero-order chi connectivity index (χ0) is 18.3. The average Bonchev–Trinajstić information content (AvgIpc) is 3.27. The first-order chi connectivity index (χ1) is 13.2. The monoisotopic (exact) mass is 382 g/mol. The zero-order valence-electron chi connectivity index (χ0n) is 15.2. The number of piperidine rings is 1. The Morgan fingerprint density at radius 2 is 2.07 bits per heavy atom. The van der Waals surface area contributed by atoms with E-state index >= 15 is 0 Å². The molecule has 0 unspecified atom stereocenters. The Labute approximate surface area is 163 Å². The van der Waals surface area contributed by atoms with E-state index in [1.54, 1.807) is 0 Å². The maximum Gasteiger partial charge on any atom is 0.137 e. The molecule has 1 spiro atoms. The fourth-order valence-electron chi connectivity index (χ4n) is 4.58. The molecule has 5 nitrogen and oxygen atoms in total. The molecular formula is C21H23ClN4O. The number of ether oxygens (including phenoxy) is 1. The highest BCUT2D eigenvalue weighted by Gasteiger charge is 2.44. The highest BCUT2D eigenvalue weighted by Crippen LogP contribution is 2.43. The number of halogens is 1. The number of aromatic nitrogens is 3. The number of pyridine rings is 2. The van der Waals surface area contributed by atoms with Crippen molar-refractivity contribution >= 4 is 17.2 Å². The molecular weight excluding hydrogens is 360 g/mol. The number of fused-ring (bicyclic) bond motifs is 1. The molecule has 27 heavy (non-hydrogen) atoms. The van der Waals surface area contributed by atoms with Gasteiger partial charge in [0.05, 0.1) is 28.7 Å². The van der Waals surface area contributed by atoms with Crippen LogP contribution in [0.1, 0.15) is 25.0 Å². The van der Waals surface area contributed by atoms with Gasteiger partial charge in [-0.2, -0.15) is 0 Å². The van der Waals surface area contributed by atoms with Crippen molar-refractivity contribution in [3.8, 4) is 11.4 Å². The lowest BCUT2D eigenvalue weighted by molar-refractivity contribution is 0.0317. The smallest absolute Gasteiger partial charge is 0.137 e.